The lowest BCUT2D eigenvalue weighted by Gasteiger charge is -2.32. The molecule has 1 aliphatic rings. The van der Waals surface area contributed by atoms with Crippen LogP contribution in [0.25, 0.3) is 0 Å². The summed E-state index contributed by atoms with van der Waals surface area (Å²) in [6.07, 6.45) is 4.05. The molecule has 0 saturated heterocycles. The topological polar surface area (TPSA) is 55.1 Å². The van der Waals surface area contributed by atoms with Gasteiger partial charge in [-0.25, -0.2) is 0 Å². The largest absolute Gasteiger partial charge is 0.366 e. The first-order valence-electron chi connectivity index (χ1n) is 6.29. The molecule has 1 amide bonds. The van der Waals surface area contributed by atoms with Crippen LogP contribution in [0.3, 0.4) is 0 Å². The molecule has 3 N–H and O–H groups in total. The Hall–Kier alpha value is -1.35. The van der Waals surface area contributed by atoms with Gasteiger partial charge in [-0.2, -0.15) is 0 Å². The van der Waals surface area contributed by atoms with E-state index >= 15 is 0 Å². The van der Waals surface area contributed by atoms with Crippen molar-refractivity contribution in [2.24, 2.45) is 11.7 Å². The molecule has 2 rings (SSSR count). The van der Waals surface area contributed by atoms with Crippen molar-refractivity contribution in [1.29, 1.82) is 0 Å². The Labute approximate surface area is 102 Å². The molecule has 3 heteroatoms. The number of carbonyl (C=O) groups is 1. The van der Waals surface area contributed by atoms with Gasteiger partial charge in [0.25, 0.3) is 0 Å². The summed E-state index contributed by atoms with van der Waals surface area (Å²) in [6.45, 7) is 3.04. The third-order valence-electron chi connectivity index (χ3n) is 3.70. The van der Waals surface area contributed by atoms with E-state index in [4.69, 9.17) is 5.73 Å². The molecule has 0 spiro atoms. The molecular weight excluding hydrogens is 212 g/mol. The van der Waals surface area contributed by atoms with Crippen LogP contribution in [-0.4, -0.2) is 11.9 Å². The SMILES string of the molecule is CC(NCc1cccc(C(N)=O)c1)C1CCC1. The molecule has 0 aromatic heterocycles. The van der Waals surface area contributed by atoms with E-state index < -0.39 is 0 Å². The standard InChI is InChI=1S/C14H20N2O/c1-10(12-5-3-6-12)16-9-11-4-2-7-13(8-11)14(15)17/h2,4,7-8,10,12,16H,3,5-6,9H2,1H3,(H2,15,17). The minimum Gasteiger partial charge on any atom is -0.366 e. The first-order chi connectivity index (χ1) is 8.16. The maximum Gasteiger partial charge on any atom is 0.248 e. The van der Waals surface area contributed by atoms with Crippen LogP contribution in [0, 0.1) is 5.92 Å². The summed E-state index contributed by atoms with van der Waals surface area (Å²) in [7, 11) is 0. The van der Waals surface area contributed by atoms with Gasteiger partial charge in [0, 0.05) is 18.2 Å². The first-order valence-corrected chi connectivity index (χ1v) is 6.29. The quantitative estimate of drug-likeness (QED) is 0.816. The molecule has 17 heavy (non-hydrogen) atoms. The molecule has 1 aromatic carbocycles. The third kappa shape index (κ3) is 3.07. The summed E-state index contributed by atoms with van der Waals surface area (Å²) in [5, 5.41) is 3.51. The fraction of sp³-hybridized carbons (Fsp3) is 0.500. The van der Waals surface area contributed by atoms with Crippen LogP contribution >= 0.6 is 0 Å². The van der Waals surface area contributed by atoms with Gasteiger partial charge in [-0.05, 0) is 43.4 Å². The Kier molecular flexibility index (Phi) is 3.79. The molecule has 0 radical (unpaired) electrons. The van der Waals surface area contributed by atoms with Crippen molar-refractivity contribution < 1.29 is 4.79 Å². The summed E-state index contributed by atoms with van der Waals surface area (Å²) >= 11 is 0. The van der Waals surface area contributed by atoms with E-state index in [0.29, 0.717) is 11.6 Å². The van der Waals surface area contributed by atoms with Crippen LogP contribution in [-0.2, 0) is 6.54 Å². The minimum absolute atomic E-state index is 0.362. The molecule has 1 unspecified atom stereocenters. The average molecular weight is 232 g/mol. The van der Waals surface area contributed by atoms with Crippen molar-refractivity contribution in [2.75, 3.05) is 0 Å². The fourth-order valence-electron chi connectivity index (χ4n) is 2.22. The van der Waals surface area contributed by atoms with Gasteiger partial charge in [0.2, 0.25) is 5.91 Å². The number of carbonyl (C=O) groups excluding carboxylic acids is 1. The van der Waals surface area contributed by atoms with Gasteiger partial charge in [0.1, 0.15) is 0 Å². The lowest BCUT2D eigenvalue weighted by molar-refractivity contribution is 0.1000. The molecule has 1 aromatic rings. The zero-order chi connectivity index (χ0) is 12.3. The minimum atomic E-state index is -0.362. The van der Waals surface area contributed by atoms with E-state index in [9.17, 15) is 4.79 Å². The Morgan fingerprint density at radius 2 is 2.29 bits per heavy atom. The lowest BCUT2D eigenvalue weighted by atomic mass is 9.80. The molecule has 0 aliphatic heterocycles. The molecule has 0 bridgehead atoms. The highest BCUT2D eigenvalue weighted by Crippen LogP contribution is 2.29. The summed E-state index contributed by atoms with van der Waals surface area (Å²) in [5.74, 6) is 0.466. The number of hydrogen-bond donors (Lipinski definition) is 2. The second-order valence-corrected chi connectivity index (χ2v) is 4.93. The first kappa shape index (κ1) is 12.1. The van der Waals surface area contributed by atoms with Crippen molar-refractivity contribution in [3.8, 4) is 0 Å². The summed E-state index contributed by atoms with van der Waals surface area (Å²) in [4.78, 5) is 11.1. The van der Waals surface area contributed by atoms with Crippen molar-refractivity contribution in [1.82, 2.24) is 5.32 Å². The number of hydrogen-bond acceptors (Lipinski definition) is 2. The predicted octanol–water partition coefficient (Wildman–Crippen LogP) is 2.06. The van der Waals surface area contributed by atoms with Crippen LogP contribution in [0.4, 0.5) is 0 Å². The number of primary amides is 1. The van der Waals surface area contributed by atoms with Crippen molar-refractivity contribution in [3.63, 3.8) is 0 Å². The van der Waals surface area contributed by atoms with Crippen molar-refractivity contribution >= 4 is 5.91 Å². The molecule has 0 heterocycles. The highest BCUT2D eigenvalue weighted by atomic mass is 16.1. The lowest BCUT2D eigenvalue weighted by Crippen LogP contribution is -2.36. The van der Waals surface area contributed by atoms with Gasteiger partial charge in [-0.3, -0.25) is 4.79 Å². The van der Waals surface area contributed by atoms with E-state index in [-0.39, 0.29) is 5.91 Å². The predicted molar refractivity (Wildman–Crippen MR) is 68.6 cm³/mol. The van der Waals surface area contributed by atoms with E-state index in [2.05, 4.69) is 12.2 Å². The maximum atomic E-state index is 11.1. The van der Waals surface area contributed by atoms with Gasteiger partial charge in [-0.1, -0.05) is 18.6 Å². The van der Waals surface area contributed by atoms with Gasteiger partial charge in [0.05, 0.1) is 0 Å². The van der Waals surface area contributed by atoms with Gasteiger partial charge in [-0.15, -0.1) is 0 Å². The molecule has 1 aliphatic carbocycles. The second-order valence-electron chi connectivity index (χ2n) is 4.93. The molecule has 3 nitrogen and oxygen atoms in total. The van der Waals surface area contributed by atoms with Gasteiger partial charge < -0.3 is 11.1 Å². The normalized spacial score (nSPS) is 17.5. The monoisotopic (exact) mass is 232 g/mol. The summed E-state index contributed by atoms with van der Waals surface area (Å²) in [5.41, 5.74) is 6.96. The fourth-order valence-corrected chi connectivity index (χ4v) is 2.22. The van der Waals surface area contributed by atoms with Crippen molar-refractivity contribution in [3.05, 3.63) is 35.4 Å². The van der Waals surface area contributed by atoms with Crippen LogP contribution in [0.2, 0.25) is 0 Å². The average Bonchev–Trinajstić information content (AvgIpc) is 2.24. The Balaban J connectivity index is 1.89. The Bertz CT molecular complexity index is 399. The van der Waals surface area contributed by atoms with E-state index in [1.165, 1.54) is 19.3 Å². The van der Waals surface area contributed by atoms with Crippen LogP contribution in [0.5, 0.6) is 0 Å². The summed E-state index contributed by atoms with van der Waals surface area (Å²) < 4.78 is 0. The number of rotatable bonds is 5. The second kappa shape index (κ2) is 5.32. The van der Waals surface area contributed by atoms with E-state index in [1.807, 2.05) is 18.2 Å². The van der Waals surface area contributed by atoms with Crippen LogP contribution < -0.4 is 11.1 Å². The van der Waals surface area contributed by atoms with Crippen LogP contribution in [0.1, 0.15) is 42.1 Å². The van der Waals surface area contributed by atoms with Crippen molar-refractivity contribution in [2.45, 2.75) is 38.8 Å². The molecule has 1 saturated carbocycles. The zero-order valence-electron chi connectivity index (χ0n) is 10.3. The maximum absolute atomic E-state index is 11.1. The molecule has 1 atom stereocenters. The number of nitrogens with one attached hydrogen (secondary N) is 1. The molecule has 1 fully saturated rings. The highest BCUT2D eigenvalue weighted by molar-refractivity contribution is 5.92. The van der Waals surface area contributed by atoms with E-state index in [1.54, 1.807) is 6.07 Å². The number of amides is 1. The third-order valence-corrected chi connectivity index (χ3v) is 3.70. The van der Waals surface area contributed by atoms with E-state index in [0.717, 1.165) is 18.0 Å². The number of benzene rings is 1. The Morgan fingerprint density at radius 3 is 2.88 bits per heavy atom. The van der Waals surface area contributed by atoms with Crippen LogP contribution in [0.15, 0.2) is 24.3 Å². The number of nitrogens with two attached hydrogens (primary N) is 1. The highest BCUT2D eigenvalue weighted by Gasteiger charge is 2.23. The smallest absolute Gasteiger partial charge is 0.248 e. The Morgan fingerprint density at radius 1 is 1.53 bits per heavy atom. The van der Waals surface area contributed by atoms with Gasteiger partial charge in [0.15, 0.2) is 0 Å². The molecular formula is C14H20N2O. The molecule has 92 valence electrons. The zero-order valence-corrected chi connectivity index (χ0v) is 10.3. The summed E-state index contributed by atoms with van der Waals surface area (Å²) in [6, 6.07) is 8.07. The van der Waals surface area contributed by atoms with Gasteiger partial charge >= 0.3 is 0 Å².